The maximum absolute atomic E-state index is 5.67. The Hall–Kier alpha value is -1.98. The van der Waals surface area contributed by atoms with E-state index in [-0.39, 0.29) is 6.17 Å². The molecule has 0 aromatic carbocycles. The summed E-state index contributed by atoms with van der Waals surface area (Å²) in [5.41, 5.74) is 7.82. The molecule has 0 saturated carbocycles. The first-order valence-electron chi connectivity index (χ1n) is 5.13. The lowest BCUT2D eigenvalue weighted by molar-refractivity contribution is 0.760. The lowest BCUT2D eigenvalue weighted by Gasteiger charge is -2.25. The number of nitrogens with zero attached hydrogens (tertiary/aromatic N) is 3. The maximum Gasteiger partial charge on any atom is 0.207 e. The second kappa shape index (κ2) is 3.88. The number of guanidine groups is 2. The quantitative estimate of drug-likeness (QED) is 0.640. The van der Waals surface area contributed by atoms with E-state index in [0.29, 0.717) is 11.9 Å². The summed E-state index contributed by atoms with van der Waals surface area (Å²) < 4.78 is 0. The van der Waals surface area contributed by atoms with E-state index in [1.54, 1.807) is 0 Å². The van der Waals surface area contributed by atoms with E-state index < -0.39 is 0 Å². The lowest BCUT2D eigenvalue weighted by atomic mass is 10.3. The largest absolute Gasteiger partial charge is 0.370 e. The van der Waals surface area contributed by atoms with Gasteiger partial charge in [-0.2, -0.15) is 0 Å². The van der Waals surface area contributed by atoms with Crippen LogP contribution in [-0.4, -0.2) is 30.1 Å². The summed E-state index contributed by atoms with van der Waals surface area (Å²) in [5.74, 6) is 1.11. The fraction of sp³-hybridized carbons (Fsp3) is 0.400. The highest BCUT2D eigenvalue weighted by Gasteiger charge is 2.17. The van der Waals surface area contributed by atoms with E-state index in [1.165, 1.54) is 0 Å². The van der Waals surface area contributed by atoms with Crippen LogP contribution in [0.25, 0.3) is 0 Å². The molecule has 2 rings (SSSR count). The van der Waals surface area contributed by atoms with Crippen molar-refractivity contribution in [2.45, 2.75) is 20.0 Å². The van der Waals surface area contributed by atoms with Crippen LogP contribution in [0.1, 0.15) is 12.6 Å². The SMILES string of the molecule is Cc1[nH]ccc1N(C)C1=NC(C)N=C(N)N1. The van der Waals surface area contributed by atoms with Gasteiger partial charge < -0.3 is 15.6 Å². The molecule has 1 aromatic rings. The molecule has 1 atom stereocenters. The Balaban J connectivity index is 2.24. The van der Waals surface area contributed by atoms with Crippen molar-refractivity contribution in [1.82, 2.24) is 10.3 Å². The van der Waals surface area contributed by atoms with Crippen molar-refractivity contribution >= 4 is 17.6 Å². The van der Waals surface area contributed by atoms with Crippen LogP contribution < -0.4 is 16.0 Å². The van der Waals surface area contributed by atoms with Crippen molar-refractivity contribution in [3.63, 3.8) is 0 Å². The number of nitrogens with one attached hydrogen (secondary N) is 2. The number of hydrogen-bond donors (Lipinski definition) is 3. The van der Waals surface area contributed by atoms with E-state index in [4.69, 9.17) is 5.73 Å². The molecule has 0 radical (unpaired) electrons. The van der Waals surface area contributed by atoms with Crippen LogP contribution in [0, 0.1) is 6.92 Å². The average molecular weight is 220 g/mol. The molecule has 4 N–H and O–H groups in total. The van der Waals surface area contributed by atoms with Gasteiger partial charge in [0.25, 0.3) is 0 Å². The van der Waals surface area contributed by atoms with Crippen LogP contribution in [0.15, 0.2) is 22.2 Å². The normalized spacial score (nSPS) is 19.8. The molecule has 1 aliphatic rings. The van der Waals surface area contributed by atoms with Crippen LogP contribution in [0.5, 0.6) is 0 Å². The Morgan fingerprint density at radius 1 is 1.44 bits per heavy atom. The van der Waals surface area contributed by atoms with Gasteiger partial charge in [-0.1, -0.05) is 0 Å². The van der Waals surface area contributed by atoms with Gasteiger partial charge in [-0.25, -0.2) is 9.98 Å². The monoisotopic (exact) mass is 220 g/mol. The van der Waals surface area contributed by atoms with Crippen LogP contribution >= 0.6 is 0 Å². The van der Waals surface area contributed by atoms with Crippen molar-refractivity contribution in [3.05, 3.63) is 18.0 Å². The number of nitrogens with two attached hydrogens (primary N) is 1. The van der Waals surface area contributed by atoms with Crippen LogP contribution in [0.4, 0.5) is 5.69 Å². The molecule has 0 saturated heterocycles. The smallest absolute Gasteiger partial charge is 0.207 e. The molecule has 0 aliphatic carbocycles. The molecule has 0 amide bonds. The summed E-state index contributed by atoms with van der Waals surface area (Å²) in [6.45, 7) is 3.90. The Labute approximate surface area is 94.3 Å². The minimum Gasteiger partial charge on any atom is -0.370 e. The fourth-order valence-electron chi connectivity index (χ4n) is 1.68. The number of H-pyrrole nitrogens is 1. The fourth-order valence-corrected chi connectivity index (χ4v) is 1.68. The first-order chi connectivity index (χ1) is 7.58. The number of aliphatic imine (C=N–C) groups is 2. The Morgan fingerprint density at radius 2 is 2.19 bits per heavy atom. The summed E-state index contributed by atoms with van der Waals surface area (Å²) >= 11 is 0. The number of rotatable bonds is 1. The number of aryl methyl sites for hydroxylation is 1. The third-order valence-corrected chi connectivity index (χ3v) is 2.48. The average Bonchev–Trinajstić information content (AvgIpc) is 2.62. The minimum atomic E-state index is -0.141. The van der Waals surface area contributed by atoms with E-state index in [2.05, 4.69) is 20.3 Å². The standard InChI is InChI=1S/C10H16N6/c1-6-8(4-5-12-6)16(3)10-14-7(2)13-9(11)15-10/h4-5,7,12H,1-3H3,(H3,11,13,14,15). The second-order valence-electron chi connectivity index (χ2n) is 3.77. The molecule has 0 fully saturated rings. The van der Waals surface area contributed by atoms with Crippen LogP contribution in [0.3, 0.4) is 0 Å². The molecule has 86 valence electrons. The molecule has 2 heterocycles. The maximum atomic E-state index is 5.67. The Kier molecular flexibility index (Phi) is 2.55. The molecule has 1 aromatic heterocycles. The number of hydrogen-bond acceptors (Lipinski definition) is 5. The Bertz CT molecular complexity index is 444. The summed E-state index contributed by atoms with van der Waals surface area (Å²) in [6.07, 6.45) is 1.75. The first-order valence-corrected chi connectivity index (χ1v) is 5.13. The van der Waals surface area contributed by atoms with Crippen LogP contribution in [-0.2, 0) is 0 Å². The predicted octanol–water partition coefficient (Wildman–Crippen LogP) is 0.379. The molecule has 0 spiro atoms. The van der Waals surface area contributed by atoms with Gasteiger partial charge in [0.1, 0.15) is 6.17 Å². The summed E-state index contributed by atoms with van der Waals surface area (Å²) in [7, 11) is 1.94. The molecule has 16 heavy (non-hydrogen) atoms. The van der Waals surface area contributed by atoms with E-state index >= 15 is 0 Å². The zero-order valence-corrected chi connectivity index (χ0v) is 9.65. The van der Waals surface area contributed by atoms with Crippen molar-refractivity contribution in [3.8, 4) is 0 Å². The van der Waals surface area contributed by atoms with Gasteiger partial charge >= 0.3 is 0 Å². The van der Waals surface area contributed by atoms with Gasteiger partial charge in [0.2, 0.25) is 5.96 Å². The second-order valence-corrected chi connectivity index (χ2v) is 3.77. The van der Waals surface area contributed by atoms with Crippen molar-refractivity contribution in [2.24, 2.45) is 15.7 Å². The van der Waals surface area contributed by atoms with Gasteiger partial charge in [-0.15, -0.1) is 0 Å². The summed E-state index contributed by atoms with van der Waals surface area (Å²) in [4.78, 5) is 13.5. The molecule has 6 heteroatoms. The molecule has 1 aliphatic heterocycles. The van der Waals surface area contributed by atoms with E-state index in [9.17, 15) is 0 Å². The van der Waals surface area contributed by atoms with Gasteiger partial charge in [-0.3, -0.25) is 5.32 Å². The third-order valence-electron chi connectivity index (χ3n) is 2.48. The summed E-state index contributed by atoms with van der Waals surface area (Å²) in [5, 5.41) is 2.95. The molecular formula is C10H16N6. The van der Waals surface area contributed by atoms with Crippen molar-refractivity contribution in [2.75, 3.05) is 11.9 Å². The topological polar surface area (TPSA) is 81.8 Å². The highest BCUT2D eigenvalue weighted by Crippen LogP contribution is 2.17. The predicted molar refractivity (Wildman–Crippen MR) is 65.6 cm³/mol. The lowest BCUT2D eigenvalue weighted by Crippen LogP contribution is -2.48. The zero-order chi connectivity index (χ0) is 11.7. The minimum absolute atomic E-state index is 0.141. The number of aromatic nitrogens is 1. The molecule has 0 bridgehead atoms. The number of aromatic amines is 1. The number of anilines is 1. The third kappa shape index (κ3) is 1.86. The Morgan fingerprint density at radius 3 is 2.75 bits per heavy atom. The zero-order valence-electron chi connectivity index (χ0n) is 9.65. The molecule has 6 nitrogen and oxygen atoms in total. The van der Waals surface area contributed by atoms with Gasteiger partial charge in [0, 0.05) is 18.9 Å². The first kappa shape index (κ1) is 10.5. The van der Waals surface area contributed by atoms with Crippen molar-refractivity contribution in [1.29, 1.82) is 0 Å². The van der Waals surface area contributed by atoms with Crippen molar-refractivity contribution < 1.29 is 0 Å². The molecule has 1 unspecified atom stereocenters. The van der Waals surface area contributed by atoms with E-state index in [1.807, 2.05) is 38.1 Å². The van der Waals surface area contributed by atoms with Gasteiger partial charge in [-0.05, 0) is 19.9 Å². The highest BCUT2D eigenvalue weighted by atomic mass is 15.4. The van der Waals surface area contributed by atoms with Gasteiger partial charge in [0.05, 0.1) is 5.69 Å². The van der Waals surface area contributed by atoms with E-state index in [0.717, 1.165) is 11.4 Å². The highest BCUT2D eigenvalue weighted by molar-refractivity contribution is 6.07. The van der Waals surface area contributed by atoms with Gasteiger partial charge in [0.15, 0.2) is 5.96 Å². The molecular weight excluding hydrogens is 204 g/mol. The summed E-state index contributed by atoms with van der Waals surface area (Å²) in [6, 6.07) is 1.99. The van der Waals surface area contributed by atoms with Crippen LogP contribution in [0.2, 0.25) is 0 Å².